The lowest BCUT2D eigenvalue weighted by molar-refractivity contribution is -0.128. The van der Waals surface area contributed by atoms with E-state index in [-0.39, 0.29) is 23.2 Å². The number of hydrogen-bond donors (Lipinski definition) is 4. The van der Waals surface area contributed by atoms with Gasteiger partial charge in [-0.1, -0.05) is 17.7 Å². The molecular formula is C21H21ClN4O4. The molecule has 9 heteroatoms. The van der Waals surface area contributed by atoms with Crippen molar-refractivity contribution in [3.63, 3.8) is 0 Å². The Morgan fingerprint density at radius 1 is 1.30 bits per heavy atom. The zero-order valence-corrected chi connectivity index (χ0v) is 16.8. The van der Waals surface area contributed by atoms with Crippen LogP contribution in [0.15, 0.2) is 42.7 Å². The Labute approximate surface area is 177 Å². The molecule has 1 aromatic heterocycles. The molecule has 30 heavy (non-hydrogen) atoms. The highest BCUT2D eigenvalue weighted by atomic mass is 35.5. The molecule has 1 aliphatic heterocycles. The van der Waals surface area contributed by atoms with E-state index in [1.807, 2.05) is 12.1 Å². The van der Waals surface area contributed by atoms with Gasteiger partial charge < -0.3 is 25.6 Å². The zero-order chi connectivity index (χ0) is 21.1. The fourth-order valence-electron chi connectivity index (χ4n) is 3.62. The van der Waals surface area contributed by atoms with Gasteiger partial charge in [0.15, 0.2) is 5.78 Å². The molecule has 1 aliphatic rings. The van der Waals surface area contributed by atoms with E-state index >= 15 is 0 Å². The van der Waals surface area contributed by atoms with E-state index in [0.29, 0.717) is 41.1 Å². The number of halogens is 1. The van der Waals surface area contributed by atoms with E-state index in [9.17, 15) is 15.0 Å². The Balaban J connectivity index is 1.67. The number of aromatic nitrogens is 2. The molecule has 8 nitrogen and oxygen atoms in total. The monoisotopic (exact) mass is 428 g/mol. The number of nitrogens with zero attached hydrogens (tertiary/aromatic N) is 2. The summed E-state index contributed by atoms with van der Waals surface area (Å²) in [5.74, 6) is 0.717. The van der Waals surface area contributed by atoms with Crippen LogP contribution in [0.1, 0.15) is 12.8 Å². The molecule has 3 aromatic rings. The van der Waals surface area contributed by atoms with Crippen LogP contribution in [0.4, 0.5) is 11.5 Å². The summed E-state index contributed by atoms with van der Waals surface area (Å²) in [5, 5.41) is 26.2. The number of fused-ring (bicyclic) bond motifs is 1. The third-order valence-electron chi connectivity index (χ3n) is 5.23. The number of phenols is 1. The minimum Gasteiger partial charge on any atom is -0.506 e. The highest BCUT2D eigenvalue weighted by Crippen LogP contribution is 2.34. The highest BCUT2D eigenvalue weighted by Gasteiger charge is 2.41. The van der Waals surface area contributed by atoms with Crippen molar-refractivity contribution >= 4 is 39.8 Å². The first-order valence-corrected chi connectivity index (χ1v) is 9.91. The number of benzene rings is 2. The van der Waals surface area contributed by atoms with Gasteiger partial charge in [-0.2, -0.15) is 0 Å². The summed E-state index contributed by atoms with van der Waals surface area (Å²) in [6.07, 6.45) is 2.87. The van der Waals surface area contributed by atoms with Crippen LogP contribution in [0, 0.1) is 0 Å². The van der Waals surface area contributed by atoms with Crippen molar-refractivity contribution in [2.75, 3.05) is 25.1 Å². The number of phenolic OH excluding ortho intramolecular Hbond substituents is 1. The number of anilines is 2. The number of aliphatic hydroxyl groups excluding tert-OH is 1. The fourth-order valence-corrected chi connectivity index (χ4v) is 3.80. The van der Waals surface area contributed by atoms with Gasteiger partial charge in [-0.25, -0.2) is 9.97 Å². The Bertz CT molecular complexity index is 1080. The maximum Gasteiger partial charge on any atom is 0.181 e. The topological polar surface area (TPSA) is 117 Å². The van der Waals surface area contributed by atoms with Crippen LogP contribution in [0.25, 0.3) is 10.9 Å². The standard InChI is InChI=1S/C21H21ClN4O4/c22-14-9-13(5-6-16(14)28)26-20-19-15(23-12-24-20)3-1-4-17(19)30-11-21(18(29)10-27)7-2-8-25-21/h1,3-6,9,12,25,27-28H,2,7-8,10-11H2,(H,23,24,26)/t21-/m1/s1. The second-order valence-electron chi connectivity index (χ2n) is 7.15. The molecule has 2 aromatic carbocycles. The van der Waals surface area contributed by atoms with Gasteiger partial charge in [0.05, 0.1) is 15.9 Å². The van der Waals surface area contributed by atoms with Crippen molar-refractivity contribution in [2.24, 2.45) is 0 Å². The average Bonchev–Trinajstić information content (AvgIpc) is 3.24. The summed E-state index contributed by atoms with van der Waals surface area (Å²) >= 11 is 6.00. The van der Waals surface area contributed by atoms with Gasteiger partial charge in [-0.05, 0) is 49.7 Å². The maximum absolute atomic E-state index is 12.3. The molecule has 4 N–H and O–H groups in total. The Morgan fingerprint density at radius 3 is 2.90 bits per heavy atom. The number of ether oxygens (including phenoxy) is 1. The second kappa shape index (κ2) is 8.43. The van der Waals surface area contributed by atoms with Crippen molar-refractivity contribution in [1.82, 2.24) is 15.3 Å². The maximum atomic E-state index is 12.3. The van der Waals surface area contributed by atoms with E-state index in [4.69, 9.17) is 16.3 Å². The molecule has 1 atom stereocenters. The van der Waals surface area contributed by atoms with Crippen LogP contribution < -0.4 is 15.4 Å². The van der Waals surface area contributed by atoms with E-state index in [1.54, 1.807) is 18.2 Å². The number of ketones is 1. The quantitative estimate of drug-likeness (QED) is 0.424. The highest BCUT2D eigenvalue weighted by molar-refractivity contribution is 6.32. The van der Waals surface area contributed by atoms with Crippen molar-refractivity contribution in [1.29, 1.82) is 0 Å². The van der Waals surface area contributed by atoms with Crippen molar-refractivity contribution in [2.45, 2.75) is 18.4 Å². The smallest absolute Gasteiger partial charge is 0.181 e. The molecule has 0 amide bonds. The molecule has 0 bridgehead atoms. The molecule has 0 spiro atoms. The van der Waals surface area contributed by atoms with Crippen molar-refractivity contribution in [3.05, 3.63) is 47.7 Å². The number of aromatic hydroxyl groups is 1. The van der Waals surface area contributed by atoms with Gasteiger partial charge in [0.25, 0.3) is 0 Å². The summed E-state index contributed by atoms with van der Waals surface area (Å²) in [5.41, 5.74) is 0.402. The van der Waals surface area contributed by atoms with Gasteiger partial charge in [-0.3, -0.25) is 4.79 Å². The van der Waals surface area contributed by atoms with Crippen LogP contribution in [-0.2, 0) is 4.79 Å². The molecule has 4 rings (SSSR count). The summed E-state index contributed by atoms with van der Waals surface area (Å²) in [6, 6.07) is 10.2. The third-order valence-corrected chi connectivity index (χ3v) is 5.53. The first-order valence-electron chi connectivity index (χ1n) is 9.54. The molecule has 0 saturated carbocycles. The van der Waals surface area contributed by atoms with E-state index < -0.39 is 12.1 Å². The van der Waals surface area contributed by atoms with E-state index in [2.05, 4.69) is 20.6 Å². The van der Waals surface area contributed by atoms with Crippen LogP contribution >= 0.6 is 11.6 Å². The minimum absolute atomic E-state index is 0.0123. The van der Waals surface area contributed by atoms with Crippen LogP contribution in [0.5, 0.6) is 11.5 Å². The number of rotatable bonds is 7. The molecule has 0 aliphatic carbocycles. The Hall–Kier alpha value is -2.94. The number of Topliss-reactive ketones (excluding diaryl/α,β-unsaturated/α-hetero) is 1. The third kappa shape index (κ3) is 3.89. The van der Waals surface area contributed by atoms with E-state index in [0.717, 1.165) is 6.42 Å². The van der Waals surface area contributed by atoms with Crippen LogP contribution in [0.2, 0.25) is 5.02 Å². The number of carbonyl (C=O) groups is 1. The van der Waals surface area contributed by atoms with Crippen molar-refractivity contribution < 1.29 is 19.7 Å². The predicted octanol–water partition coefficient (Wildman–Crippen LogP) is 2.79. The lowest BCUT2D eigenvalue weighted by Crippen LogP contribution is -2.53. The van der Waals surface area contributed by atoms with Gasteiger partial charge >= 0.3 is 0 Å². The summed E-state index contributed by atoms with van der Waals surface area (Å²) in [7, 11) is 0. The first-order chi connectivity index (χ1) is 14.5. The molecule has 1 saturated heterocycles. The average molecular weight is 429 g/mol. The van der Waals surface area contributed by atoms with Gasteiger partial charge in [0.2, 0.25) is 0 Å². The lowest BCUT2D eigenvalue weighted by atomic mass is 9.93. The molecular weight excluding hydrogens is 408 g/mol. The molecule has 0 unspecified atom stereocenters. The SMILES string of the molecule is O=C(CO)[C@]1(COc2cccc3ncnc(Nc4ccc(O)c(Cl)c4)c23)CCCN1. The Morgan fingerprint density at radius 2 is 2.17 bits per heavy atom. The normalized spacial score (nSPS) is 18.5. The Kier molecular flexibility index (Phi) is 5.72. The summed E-state index contributed by atoms with van der Waals surface area (Å²) in [6.45, 7) is 0.246. The van der Waals surface area contributed by atoms with Gasteiger partial charge in [-0.15, -0.1) is 0 Å². The number of aliphatic hydroxyl groups is 1. The molecule has 0 radical (unpaired) electrons. The zero-order valence-electron chi connectivity index (χ0n) is 16.1. The fraction of sp³-hybridized carbons (Fsp3) is 0.286. The van der Waals surface area contributed by atoms with Crippen molar-refractivity contribution in [3.8, 4) is 11.5 Å². The van der Waals surface area contributed by atoms with Gasteiger partial charge in [0.1, 0.15) is 42.4 Å². The minimum atomic E-state index is -0.898. The predicted molar refractivity (Wildman–Crippen MR) is 113 cm³/mol. The summed E-state index contributed by atoms with van der Waals surface area (Å²) in [4.78, 5) is 21.0. The number of hydrogen-bond acceptors (Lipinski definition) is 8. The molecule has 1 fully saturated rings. The lowest BCUT2D eigenvalue weighted by Gasteiger charge is -2.27. The van der Waals surface area contributed by atoms with Gasteiger partial charge in [0, 0.05) is 5.69 Å². The molecule has 2 heterocycles. The number of nitrogens with one attached hydrogen (secondary N) is 2. The summed E-state index contributed by atoms with van der Waals surface area (Å²) < 4.78 is 6.07. The van der Waals surface area contributed by atoms with Crippen LogP contribution in [-0.4, -0.2) is 51.3 Å². The molecule has 156 valence electrons. The number of carbonyl (C=O) groups excluding carboxylic acids is 1. The van der Waals surface area contributed by atoms with Crippen LogP contribution in [0.3, 0.4) is 0 Å². The van der Waals surface area contributed by atoms with E-state index in [1.165, 1.54) is 12.4 Å². The first kappa shape index (κ1) is 20.3. The largest absolute Gasteiger partial charge is 0.506 e. The second-order valence-corrected chi connectivity index (χ2v) is 7.55.